The van der Waals surface area contributed by atoms with Crippen LogP contribution >= 0.6 is 0 Å². The van der Waals surface area contributed by atoms with Crippen molar-refractivity contribution in [1.29, 1.82) is 0 Å². The van der Waals surface area contributed by atoms with Gasteiger partial charge < -0.3 is 10.1 Å². The van der Waals surface area contributed by atoms with Crippen LogP contribution < -0.4 is 20.1 Å². The molecule has 0 aliphatic carbocycles. The van der Waals surface area contributed by atoms with Gasteiger partial charge in [0.2, 0.25) is 11.9 Å². The van der Waals surface area contributed by atoms with Gasteiger partial charge in [-0.2, -0.15) is 0 Å². The number of benzene rings is 5. The summed E-state index contributed by atoms with van der Waals surface area (Å²) in [5.74, 6) is 1.11. The van der Waals surface area contributed by atoms with Gasteiger partial charge in [0.25, 0.3) is 0 Å². The molecule has 300 valence electrons. The van der Waals surface area contributed by atoms with E-state index in [-0.39, 0.29) is 23.7 Å². The number of hydrazine groups is 1. The van der Waals surface area contributed by atoms with Gasteiger partial charge in [0, 0.05) is 41.5 Å². The first kappa shape index (κ1) is 38.5. The predicted octanol–water partition coefficient (Wildman–Crippen LogP) is 9.54. The van der Waals surface area contributed by atoms with Crippen LogP contribution in [0.1, 0.15) is 43.7 Å². The molecule has 59 heavy (non-hydrogen) atoms. The maximum absolute atomic E-state index is 15.7. The number of likely N-dealkylation sites (tertiary alicyclic amines) is 1. The summed E-state index contributed by atoms with van der Waals surface area (Å²) in [7, 11) is 0. The van der Waals surface area contributed by atoms with E-state index in [1.54, 1.807) is 24.3 Å². The Kier molecular flexibility index (Phi) is 11.1. The van der Waals surface area contributed by atoms with Crippen molar-refractivity contribution in [2.75, 3.05) is 42.8 Å². The molecule has 0 amide bonds. The molecule has 0 atom stereocenters. The van der Waals surface area contributed by atoms with E-state index in [0.717, 1.165) is 80.5 Å². The number of hydrogen-bond donors (Lipinski definition) is 1. The number of ether oxygens (including phenoxy) is 1. The summed E-state index contributed by atoms with van der Waals surface area (Å²) >= 11 is 0. The van der Waals surface area contributed by atoms with Crippen molar-refractivity contribution >= 4 is 33.7 Å². The van der Waals surface area contributed by atoms with Gasteiger partial charge >= 0.3 is 0 Å². The monoisotopic (exact) mass is 790 g/mol. The predicted molar refractivity (Wildman–Crippen MR) is 231 cm³/mol. The van der Waals surface area contributed by atoms with Crippen molar-refractivity contribution in [3.63, 3.8) is 0 Å². The molecule has 7 aromatic rings. The summed E-state index contributed by atoms with van der Waals surface area (Å²) in [5.41, 5.74) is 5.61. The molecule has 0 radical (unpaired) electrons. The SMILES string of the molecule is CCOc1cc(CN2CCC(N(c3nc(-c4ccccc4F)c4ccccc4n3)N(c3nc(-c4ccccc4F)c4ccccc4n3)C3CCNCC3)CC2)ccc1C. The first-order chi connectivity index (χ1) is 28.9. The standard InChI is InChI=1S/C48H48F2N8O/c1-3-59-44-30-33(21-20-32(44)2)31-56-28-24-35(25-29-56)58(48-53-43-19-11-7-15-39(43)46(55-48)37-13-5-9-17-41(37)50)57(34-22-26-51-27-23-34)47-52-42-18-10-6-14-38(42)45(54-47)36-12-4-8-16-40(36)49/h4-21,30,34-35,51H,3,22-29,31H2,1-2H3. The second kappa shape index (κ2) is 17.1. The van der Waals surface area contributed by atoms with E-state index in [1.165, 1.54) is 17.7 Å². The third-order valence-electron chi connectivity index (χ3n) is 11.6. The van der Waals surface area contributed by atoms with Gasteiger partial charge in [-0.05, 0) is 106 Å². The van der Waals surface area contributed by atoms with Crippen LogP contribution in [0.2, 0.25) is 0 Å². The zero-order chi connectivity index (χ0) is 40.3. The second-order valence-corrected chi connectivity index (χ2v) is 15.4. The summed E-state index contributed by atoms with van der Waals surface area (Å²) in [6, 6.07) is 35.5. The number of nitrogens with one attached hydrogen (secondary N) is 1. The molecule has 4 heterocycles. The van der Waals surface area contributed by atoms with E-state index >= 15 is 8.78 Å². The molecule has 2 fully saturated rings. The molecule has 2 aromatic heterocycles. The van der Waals surface area contributed by atoms with Crippen LogP contribution in [0, 0.1) is 18.6 Å². The fourth-order valence-corrected chi connectivity index (χ4v) is 8.61. The lowest BCUT2D eigenvalue weighted by Gasteiger charge is -2.47. The first-order valence-electron chi connectivity index (χ1n) is 20.7. The lowest BCUT2D eigenvalue weighted by Crippen LogP contribution is -2.59. The highest BCUT2D eigenvalue weighted by molar-refractivity contribution is 5.94. The molecule has 11 heteroatoms. The summed E-state index contributed by atoms with van der Waals surface area (Å²) < 4.78 is 37.4. The number of fused-ring (bicyclic) bond motifs is 2. The average Bonchev–Trinajstić information content (AvgIpc) is 3.27. The van der Waals surface area contributed by atoms with Crippen LogP contribution in [0.3, 0.4) is 0 Å². The summed E-state index contributed by atoms with van der Waals surface area (Å²) in [5, 5.41) is 9.46. The smallest absolute Gasteiger partial charge is 0.246 e. The number of para-hydroxylation sites is 2. The normalized spacial score (nSPS) is 15.5. The fraction of sp³-hybridized carbons (Fsp3) is 0.292. The summed E-state index contributed by atoms with van der Waals surface area (Å²) in [6.45, 7) is 8.77. The number of rotatable bonds is 11. The molecule has 0 spiro atoms. The highest BCUT2D eigenvalue weighted by atomic mass is 19.1. The van der Waals surface area contributed by atoms with Crippen molar-refractivity contribution in [3.8, 4) is 28.3 Å². The number of anilines is 2. The number of piperidine rings is 2. The molecule has 2 aliphatic rings. The molecule has 0 saturated carbocycles. The highest BCUT2D eigenvalue weighted by Gasteiger charge is 2.38. The Morgan fingerprint density at radius 2 is 1.15 bits per heavy atom. The Bertz CT molecular complexity index is 2590. The van der Waals surface area contributed by atoms with Gasteiger partial charge in [-0.1, -0.05) is 72.8 Å². The van der Waals surface area contributed by atoms with E-state index in [2.05, 4.69) is 45.4 Å². The second-order valence-electron chi connectivity index (χ2n) is 15.4. The van der Waals surface area contributed by atoms with E-state index in [9.17, 15) is 0 Å². The number of nitrogens with zero attached hydrogens (tertiary/aromatic N) is 7. The topological polar surface area (TPSA) is 82.5 Å². The zero-order valence-electron chi connectivity index (χ0n) is 33.5. The Labute approximate surface area is 343 Å². The molecule has 0 unspecified atom stereocenters. The minimum absolute atomic E-state index is 0.0413. The Balaban J connectivity index is 1.20. The van der Waals surface area contributed by atoms with Crippen molar-refractivity contribution in [1.82, 2.24) is 30.2 Å². The summed E-state index contributed by atoms with van der Waals surface area (Å²) in [6.07, 6.45) is 3.21. The van der Waals surface area contributed by atoms with E-state index in [1.807, 2.05) is 67.6 Å². The summed E-state index contributed by atoms with van der Waals surface area (Å²) in [4.78, 5) is 23.6. The van der Waals surface area contributed by atoms with Gasteiger partial charge in [-0.3, -0.25) is 4.90 Å². The molecule has 5 aromatic carbocycles. The fourth-order valence-electron chi connectivity index (χ4n) is 8.61. The van der Waals surface area contributed by atoms with Crippen molar-refractivity contribution in [2.24, 2.45) is 0 Å². The zero-order valence-corrected chi connectivity index (χ0v) is 33.5. The van der Waals surface area contributed by atoms with Crippen molar-refractivity contribution < 1.29 is 13.5 Å². The third kappa shape index (κ3) is 7.92. The maximum atomic E-state index is 15.7. The van der Waals surface area contributed by atoms with Gasteiger partial charge in [-0.15, -0.1) is 0 Å². The maximum Gasteiger partial charge on any atom is 0.246 e. The number of aryl methyl sites for hydroxylation is 1. The quantitative estimate of drug-likeness (QED) is 0.129. The van der Waals surface area contributed by atoms with Crippen LogP contribution in [-0.2, 0) is 6.54 Å². The Hall–Kier alpha value is -6.04. The van der Waals surface area contributed by atoms with Crippen LogP contribution in [-0.4, -0.2) is 69.7 Å². The third-order valence-corrected chi connectivity index (χ3v) is 11.6. The van der Waals surface area contributed by atoms with Gasteiger partial charge in [-0.25, -0.2) is 38.7 Å². The Morgan fingerprint density at radius 3 is 1.69 bits per heavy atom. The lowest BCUT2D eigenvalue weighted by atomic mass is 10.0. The van der Waals surface area contributed by atoms with Crippen LogP contribution in [0.4, 0.5) is 20.7 Å². The molecule has 9 nitrogen and oxygen atoms in total. The van der Waals surface area contributed by atoms with Gasteiger partial charge in [0.05, 0.1) is 41.1 Å². The van der Waals surface area contributed by atoms with Gasteiger partial charge in [0.15, 0.2) is 0 Å². The molecule has 2 aliphatic heterocycles. The minimum atomic E-state index is -0.353. The van der Waals surface area contributed by atoms with E-state index in [0.29, 0.717) is 52.1 Å². The number of aromatic nitrogens is 4. The number of halogens is 2. The molecule has 2 saturated heterocycles. The minimum Gasteiger partial charge on any atom is -0.494 e. The van der Waals surface area contributed by atoms with E-state index < -0.39 is 0 Å². The molecule has 9 rings (SSSR count). The molecular weight excluding hydrogens is 743 g/mol. The van der Waals surface area contributed by atoms with Crippen LogP contribution in [0.5, 0.6) is 5.75 Å². The van der Waals surface area contributed by atoms with E-state index in [4.69, 9.17) is 24.7 Å². The Morgan fingerprint density at radius 1 is 0.644 bits per heavy atom. The number of hydrogen-bond acceptors (Lipinski definition) is 9. The van der Waals surface area contributed by atoms with Crippen molar-refractivity contribution in [2.45, 2.75) is 58.2 Å². The van der Waals surface area contributed by atoms with Crippen LogP contribution in [0.15, 0.2) is 115 Å². The van der Waals surface area contributed by atoms with Crippen molar-refractivity contribution in [3.05, 3.63) is 138 Å². The van der Waals surface area contributed by atoms with Crippen LogP contribution in [0.25, 0.3) is 44.3 Å². The molecular formula is C48H48F2N8O. The molecule has 1 N–H and O–H groups in total. The lowest BCUT2D eigenvalue weighted by molar-refractivity contribution is 0.196. The largest absolute Gasteiger partial charge is 0.494 e. The first-order valence-corrected chi connectivity index (χ1v) is 20.7. The average molecular weight is 791 g/mol. The van der Waals surface area contributed by atoms with Gasteiger partial charge in [0.1, 0.15) is 17.4 Å². The molecule has 0 bridgehead atoms. The highest BCUT2D eigenvalue weighted by Crippen LogP contribution is 2.37.